The van der Waals surface area contributed by atoms with Crippen LogP contribution in [0.25, 0.3) is 16.9 Å². The van der Waals surface area contributed by atoms with Crippen LogP contribution < -0.4 is 11.2 Å². The molecule has 4 aromatic rings. The van der Waals surface area contributed by atoms with E-state index in [0.717, 1.165) is 28.9 Å². The van der Waals surface area contributed by atoms with Crippen molar-refractivity contribution in [3.05, 3.63) is 97.7 Å². The lowest BCUT2D eigenvalue weighted by molar-refractivity contribution is 0.928. The van der Waals surface area contributed by atoms with Crippen LogP contribution in [-0.4, -0.2) is 24.7 Å². The normalized spacial score (nSPS) is 10.9. The molecule has 3 aromatic heterocycles. The van der Waals surface area contributed by atoms with Gasteiger partial charge in [-0.3, -0.25) is 9.78 Å². The number of hydrogen-bond acceptors (Lipinski definition) is 4. The van der Waals surface area contributed by atoms with Gasteiger partial charge < -0.3 is 9.55 Å². The molecular formula is C20H16ClN5O2. The molecule has 0 fully saturated rings. The van der Waals surface area contributed by atoms with E-state index in [1.54, 1.807) is 6.07 Å². The average molecular weight is 394 g/mol. The van der Waals surface area contributed by atoms with Crippen molar-refractivity contribution in [2.75, 3.05) is 0 Å². The van der Waals surface area contributed by atoms with Crippen molar-refractivity contribution >= 4 is 11.6 Å². The average Bonchev–Trinajstić information content (AvgIpc) is 3.13. The molecule has 0 aliphatic rings. The molecule has 0 aliphatic carbocycles. The monoisotopic (exact) mass is 393 g/mol. The quantitative estimate of drug-likeness (QED) is 0.557. The third-order valence-corrected chi connectivity index (χ3v) is 4.65. The molecule has 0 saturated carbocycles. The third-order valence-electron chi connectivity index (χ3n) is 4.40. The van der Waals surface area contributed by atoms with Crippen LogP contribution in [0.1, 0.15) is 16.8 Å². The Balaban J connectivity index is 1.68. The summed E-state index contributed by atoms with van der Waals surface area (Å²) in [5.74, 6) is 0. The Hall–Kier alpha value is -3.45. The zero-order valence-electron chi connectivity index (χ0n) is 14.9. The molecule has 0 radical (unpaired) electrons. The smallest absolute Gasteiger partial charge is 0.322 e. The van der Waals surface area contributed by atoms with Crippen LogP contribution in [0, 0.1) is 6.92 Å². The van der Waals surface area contributed by atoms with Crippen LogP contribution in [-0.2, 0) is 6.42 Å². The van der Waals surface area contributed by atoms with Gasteiger partial charge >= 0.3 is 5.69 Å². The number of rotatable bonds is 4. The molecule has 3 heterocycles. The Morgan fingerprint density at radius 2 is 1.86 bits per heavy atom. The van der Waals surface area contributed by atoms with E-state index < -0.39 is 11.2 Å². The summed E-state index contributed by atoms with van der Waals surface area (Å²) in [6.45, 7) is 1.85. The molecule has 0 spiro atoms. The molecule has 8 heteroatoms. The number of aromatic nitrogens is 5. The minimum absolute atomic E-state index is 0.252. The number of benzene rings is 1. The van der Waals surface area contributed by atoms with E-state index in [1.807, 2.05) is 54.2 Å². The highest BCUT2D eigenvalue weighted by molar-refractivity contribution is 6.30. The first kappa shape index (κ1) is 17.9. The summed E-state index contributed by atoms with van der Waals surface area (Å²) < 4.78 is 1.94. The molecule has 4 rings (SSSR count). The lowest BCUT2D eigenvalue weighted by atomic mass is 10.1. The second-order valence-electron chi connectivity index (χ2n) is 6.42. The van der Waals surface area contributed by atoms with E-state index in [1.165, 1.54) is 6.20 Å². The van der Waals surface area contributed by atoms with Crippen molar-refractivity contribution in [2.45, 2.75) is 13.3 Å². The van der Waals surface area contributed by atoms with Gasteiger partial charge in [-0.1, -0.05) is 23.7 Å². The SMILES string of the molecule is Cc1nnc(-c2c[nH]c(=O)[nH]c2=O)cc1-n1ccc(Cc2ccc(Cl)cc2)c1. The number of nitrogens with zero attached hydrogens (tertiary/aromatic N) is 3. The summed E-state index contributed by atoms with van der Waals surface area (Å²) in [6, 6.07) is 11.6. The predicted molar refractivity (Wildman–Crippen MR) is 107 cm³/mol. The zero-order valence-corrected chi connectivity index (χ0v) is 15.7. The Bertz CT molecular complexity index is 1250. The fourth-order valence-electron chi connectivity index (χ4n) is 2.97. The topological polar surface area (TPSA) is 96.4 Å². The Labute approximate surface area is 164 Å². The molecule has 0 bridgehead atoms. The van der Waals surface area contributed by atoms with Crippen LogP contribution in [0.4, 0.5) is 0 Å². The summed E-state index contributed by atoms with van der Waals surface area (Å²) >= 11 is 5.94. The fourth-order valence-corrected chi connectivity index (χ4v) is 3.10. The summed E-state index contributed by atoms with van der Waals surface area (Å²) in [5.41, 5.74) is 3.37. The van der Waals surface area contributed by atoms with E-state index >= 15 is 0 Å². The predicted octanol–water partition coefficient (Wildman–Crippen LogP) is 2.86. The molecule has 0 aliphatic heterocycles. The molecule has 140 valence electrons. The number of nitrogens with one attached hydrogen (secondary N) is 2. The highest BCUT2D eigenvalue weighted by Gasteiger charge is 2.11. The van der Waals surface area contributed by atoms with Gasteiger partial charge in [-0.15, -0.1) is 5.10 Å². The molecule has 2 N–H and O–H groups in total. The molecule has 0 atom stereocenters. The van der Waals surface area contributed by atoms with Crippen molar-refractivity contribution < 1.29 is 0 Å². The first-order valence-corrected chi connectivity index (χ1v) is 8.96. The molecule has 7 nitrogen and oxygen atoms in total. The van der Waals surface area contributed by atoms with Gasteiger partial charge in [0.25, 0.3) is 5.56 Å². The maximum Gasteiger partial charge on any atom is 0.325 e. The molecule has 28 heavy (non-hydrogen) atoms. The number of aromatic amines is 2. The van der Waals surface area contributed by atoms with Gasteiger partial charge in [0, 0.05) is 23.6 Å². The van der Waals surface area contributed by atoms with E-state index in [2.05, 4.69) is 20.2 Å². The Morgan fingerprint density at radius 3 is 2.61 bits per heavy atom. The maximum absolute atomic E-state index is 12.0. The van der Waals surface area contributed by atoms with Crippen molar-refractivity contribution in [1.29, 1.82) is 0 Å². The molecule has 0 amide bonds. The highest BCUT2D eigenvalue weighted by Crippen LogP contribution is 2.20. The highest BCUT2D eigenvalue weighted by atomic mass is 35.5. The lowest BCUT2D eigenvalue weighted by Gasteiger charge is -2.08. The summed E-state index contributed by atoms with van der Waals surface area (Å²) in [7, 11) is 0. The van der Waals surface area contributed by atoms with Gasteiger partial charge in [0.05, 0.1) is 16.9 Å². The van der Waals surface area contributed by atoms with Crippen molar-refractivity contribution in [3.63, 3.8) is 0 Å². The molecular weight excluding hydrogens is 378 g/mol. The second-order valence-corrected chi connectivity index (χ2v) is 6.85. The van der Waals surface area contributed by atoms with Crippen molar-refractivity contribution in [3.8, 4) is 16.9 Å². The number of halogens is 1. The van der Waals surface area contributed by atoms with Gasteiger partial charge in [0.1, 0.15) is 5.69 Å². The van der Waals surface area contributed by atoms with Gasteiger partial charge in [-0.25, -0.2) is 4.79 Å². The van der Waals surface area contributed by atoms with Gasteiger partial charge in [0.2, 0.25) is 0 Å². The number of hydrogen-bond donors (Lipinski definition) is 2. The van der Waals surface area contributed by atoms with Crippen molar-refractivity contribution in [2.24, 2.45) is 0 Å². The number of H-pyrrole nitrogens is 2. The van der Waals surface area contributed by atoms with Gasteiger partial charge in [-0.2, -0.15) is 5.10 Å². The van der Waals surface area contributed by atoms with Crippen LogP contribution in [0.2, 0.25) is 5.02 Å². The van der Waals surface area contributed by atoms with Gasteiger partial charge in [0.15, 0.2) is 0 Å². The van der Waals surface area contributed by atoms with Gasteiger partial charge in [-0.05, 0) is 48.7 Å². The van der Waals surface area contributed by atoms with Crippen LogP contribution in [0.3, 0.4) is 0 Å². The van der Waals surface area contributed by atoms with Crippen LogP contribution in [0.5, 0.6) is 0 Å². The summed E-state index contributed by atoms with van der Waals surface area (Å²) in [6.07, 6.45) is 6.07. The summed E-state index contributed by atoms with van der Waals surface area (Å²) in [4.78, 5) is 27.9. The first-order valence-electron chi connectivity index (χ1n) is 8.58. The number of aryl methyl sites for hydroxylation is 1. The Morgan fingerprint density at radius 1 is 1.07 bits per heavy atom. The van der Waals surface area contributed by atoms with E-state index in [9.17, 15) is 9.59 Å². The molecule has 0 unspecified atom stereocenters. The van der Waals surface area contributed by atoms with E-state index in [0.29, 0.717) is 10.7 Å². The zero-order chi connectivity index (χ0) is 19.7. The minimum Gasteiger partial charge on any atom is -0.322 e. The van der Waals surface area contributed by atoms with E-state index in [4.69, 9.17) is 11.6 Å². The maximum atomic E-state index is 12.0. The Kier molecular flexibility index (Phi) is 4.67. The lowest BCUT2D eigenvalue weighted by Crippen LogP contribution is -2.23. The fraction of sp³-hybridized carbons (Fsp3) is 0.100. The third kappa shape index (κ3) is 3.65. The van der Waals surface area contributed by atoms with Crippen LogP contribution >= 0.6 is 11.6 Å². The first-order chi connectivity index (χ1) is 13.5. The standard InChI is InChI=1S/C20H16ClN5O2/c1-12-18(9-17(25-24-12)16-10-22-20(28)23-19(16)27)26-7-6-14(11-26)8-13-2-4-15(21)5-3-13/h2-7,9-11H,8H2,1H3,(H2,22,23,27,28). The minimum atomic E-state index is -0.564. The van der Waals surface area contributed by atoms with E-state index in [-0.39, 0.29) is 5.56 Å². The van der Waals surface area contributed by atoms with Crippen LogP contribution in [0.15, 0.2) is 64.6 Å². The molecule has 0 saturated heterocycles. The largest absolute Gasteiger partial charge is 0.325 e. The second kappa shape index (κ2) is 7.28. The molecule has 1 aromatic carbocycles. The van der Waals surface area contributed by atoms with Crippen molar-refractivity contribution in [1.82, 2.24) is 24.7 Å². The summed E-state index contributed by atoms with van der Waals surface area (Å²) in [5, 5.41) is 8.97.